The smallest absolute Gasteiger partial charge is 0.0625 e. The van der Waals surface area contributed by atoms with E-state index in [1.165, 1.54) is 11.4 Å². The van der Waals surface area contributed by atoms with Gasteiger partial charge >= 0.3 is 0 Å². The largest absolute Gasteiger partial charge is 0.310 e. The third-order valence-electron chi connectivity index (χ3n) is 4.83. The number of piperazine rings is 1. The maximum atomic E-state index is 4.58. The highest BCUT2D eigenvalue weighted by atomic mass is 15.3. The van der Waals surface area contributed by atoms with E-state index in [-0.39, 0.29) is 11.0 Å². The van der Waals surface area contributed by atoms with Gasteiger partial charge in [-0.25, -0.2) is 0 Å². The van der Waals surface area contributed by atoms with Crippen molar-refractivity contribution in [2.75, 3.05) is 13.1 Å². The lowest BCUT2D eigenvalue weighted by molar-refractivity contribution is 0.0278. The van der Waals surface area contributed by atoms with E-state index < -0.39 is 0 Å². The van der Waals surface area contributed by atoms with Gasteiger partial charge in [0.1, 0.15) is 0 Å². The molecule has 4 heteroatoms. The molecule has 2 rings (SSSR count). The summed E-state index contributed by atoms with van der Waals surface area (Å²) in [6.45, 7) is 16.9. The Hall–Kier alpha value is -0.870. The van der Waals surface area contributed by atoms with Crippen LogP contribution < -0.4 is 5.32 Å². The first-order chi connectivity index (χ1) is 9.63. The minimum absolute atomic E-state index is 0.179. The maximum Gasteiger partial charge on any atom is 0.0625 e. The monoisotopic (exact) mass is 292 g/mol. The van der Waals surface area contributed by atoms with Crippen LogP contribution in [0.4, 0.5) is 0 Å². The Balaban J connectivity index is 2.16. The van der Waals surface area contributed by atoms with Gasteiger partial charge < -0.3 is 5.32 Å². The molecule has 1 aromatic heterocycles. The summed E-state index contributed by atoms with van der Waals surface area (Å²) in [7, 11) is 2.06. The second-order valence-electron chi connectivity index (χ2n) is 8.10. The van der Waals surface area contributed by atoms with Crippen molar-refractivity contribution in [3.8, 4) is 0 Å². The van der Waals surface area contributed by atoms with Crippen molar-refractivity contribution in [2.45, 2.75) is 66.1 Å². The molecule has 1 aliphatic rings. The normalized spacial score (nSPS) is 23.5. The van der Waals surface area contributed by atoms with E-state index >= 15 is 0 Å². The summed E-state index contributed by atoms with van der Waals surface area (Å²) in [6, 6.07) is 2.79. The van der Waals surface area contributed by atoms with Crippen molar-refractivity contribution in [1.82, 2.24) is 20.0 Å². The van der Waals surface area contributed by atoms with Crippen LogP contribution >= 0.6 is 0 Å². The van der Waals surface area contributed by atoms with Crippen LogP contribution in [0.1, 0.15) is 52.9 Å². The fourth-order valence-corrected chi connectivity index (χ4v) is 2.96. The number of hydrogen-bond acceptors (Lipinski definition) is 3. The fraction of sp³-hybridized carbons (Fsp3) is 0.824. The standard InChI is InChI=1S/C17H32N4/c1-8-13-9-14(20(7)19-13)10-21-11-15(16(2,3)4)18-12-17(21,5)6/h9,15,18H,8,10-12H2,1-7H3. The van der Waals surface area contributed by atoms with Crippen LogP contribution in [-0.2, 0) is 20.0 Å². The Morgan fingerprint density at radius 3 is 2.57 bits per heavy atom. The summed E-state index contributed by atoms with van der Waals surface area (Å²) in [5.74, 6) is 0. The Labute approximate surface area is 129 Å². The lowest BCUT2D eigenvalue weighted by Crippen LogP contribution is -2.64. The van der Waals surface area contributed by atoms with Crippen molar-refractivity contribution in [3.63, 3.8) is 0 Å². The molecule has 2 heterocycles. The lowest BCUT2D eigenvalue weighted by atomic mass is 9.83. The number of aromatic nitrogens is 2. The summed E-state index contributed by atoms with van der Waals surface area (Å²) in [5.41, 5.74) is 2.97. The van der Waals surface area contributed by atoms with Crippen LogP contribution in [0.3, 0.4) is 0 Å². The molecule has 0 saturated carbocycles. The predicted molar refractivity (Wildman–Crippen MR) is 88.3 cm³/mol. The zero-order chi connectivity index (χ0) is 15.8. The van der Waals surface area contributed by atoms with E-state index in [1.54, 1.807) is 0 Å². The predicted octanol–water partition coefficient (Wildman–Crippen LogP) is 2.58. The first kappa shape index (κ1) is 16.5. The summed E-state index contributed by atoms with van der Waals surface area (Å²) >= 11 is 0. The number of hydrogen-bond donors (Lipinski definition) is 1. The molecule has 1 saturated heterocycles. The third-order valence-corrected chi connectivity index (χ3v) is 4.83. The highest BCUT2D eigenvalue weighted by molar-refractivity contribution is 5.11. The molecule has 1 aromatic rings. The maximum absolute atomic E-state index is 4.58. The molecular formula is C17H32N4. The Morgan fingerprint density at radius 2 is 2.05 bits per heavy atom. The molecule has 1 N–H and O–H groups in total. The highest BCUT2D eigenvalue weighted by Gasteiger charge is 2.38. The average molecular weight is 292 g/mol. The van der Waals surface area contributed by atoms with Crippen LogP contribution in [0.5, 0.6) is 0 Å². The van der Waals surface area contributed by atoms with Gasteiger partial charge in [0.25, 0.3) is 0 Å². The zero-order valence-corrected chi connectivity index (χ0v) is 14.8. The third kappa shape index (κ3) is 3.67. The molecule has 0 bridgehead atoms. The minimum Gasteiger partial charge on any atom is -0.310 e. The molecule has 0 aliphatic carbocycles. The molecule has 4 nitrogen and oxygen atoms in total. The molecular weight excluding hydrogens is 260 g/mol. The van der Waals surface area contributed by atoms with Crippen LogP contribution in [0.25, 0.3) is 0 Å². The van der Waals surface area contributed by atoms with Gasteiger partial charge in [0.15, 0.2) is 0 Å². The summed E-state index contributed by atoms with van der Waals surface area (Å²) in [5, 5.41) is 8.32. The lowest BCUT2D eigenvalue weighted by Gasteiger charge is -2.49. The van der Waals surface area contributed by atoms with Crippen LogP contribution in [0, 0.1) is 5.41 Å². The molecule has 1 unspecified atom stereocenters. The molecule has 0 spiro atoms. The van der Waals surface area contributed by atoms with Gasteiger partial charge in [-0.3, -0.25) is 9.58 Å². The highest BCUT2D eigenvalue weighted by Crippen LogP contribution is 2.28. The Kier molecular flexibility index (Phi) is 4.50. The number of nitrogens with one attached hydrogen (secondary N) is 1. The SMILES string of the molecule is CCc1cc(CN2CC(C(C)(C)C)NCC2(C)C)n(C)n1. The van der Waals surface area contributed by atoms with Crippen LogP contribution in [-0.4, -0.2) is 39.4 Å². The molecule has 0 aromatic carbocycles. The summed E-state index contributed by atoms with van der Waals surface area (Å²) in [6.07, 6.45) is 1.00. The van der Waals surface area contributed by atoms with E-state index in [0.717, 1.165) is 26.1 Å². The van der Waals surface area contributed by atoms with Crippen LogP contribution in [0.15, 0.2) is 6.07 Å². The van der Waals surface area contributed by atoms with Gasteiger partial charge in [-0.2, -0.15) is 5.10 Å². The molecule has 1 aliphatic heterocycles. The number of aryl methyl sites for hydroxylation is 2. The summed E-state index contributed by atoms with van der Waals surface area (Å²) in [4.78, 5) is 2.61. The van der Waals surface area contributed by atoms with Crippen molar-refractivity contribution >= 4 is 0 Å². The molecule has 0 amide bonds. The zero-order valence-electron chi connectivity index (χ0n) is 14.8. The second kappa shape index (κ2) is 5.73. The van der Waals surface area contributed by atoms with Gasteiger partial charge in [-0.05, 0) is 31.7 Å². The summed E-state index contributed by atoms with van der Waals surface area (Å²) < 4.78 is 2.04. The van der Waals surface area contributed by atoms with Gasteiger partial charge in [0, 0.05) is 38.3 Å². The van der Waals surface area contributed by atoms with Gasteiger partial charge in [0.05, 0.1) is 11.4 Å². The average Bonchev–Trinajstić information content (AvgIpc) is 2.71. The van der Waals surface area contributed by atoms with E-state index in [2.05, 4.69) is 70.0 Å². The molecule has 1 fully saturated rings. The quantitative estimate of drug-likeness (QED) is 0.929. The molecule has 1 atom stereocenters. The fourth-order valence-electron chi connectivity index (χ4n) is 2.96. The van der Waals surface area contributed by atoms with E-state index in [1.807, 2.05) is 4.68 Å². The first-order valence-corrected chi connectivity index (χ1v) is 8.13. The number of nitrogens with zero attached hydrogens (tertiary/aromatic N) is 3. The molecule has 21 heavy (non-hydrogen) atoms. The van der Waals surface area contributed by atoms with Crippen molar-refractivity contribution in [1.29, 1.82) is 0 Å². The Bertz CT molecular complexity index is 481. The first-order valence-electron chi connectivity index (χ1n) is 8.13. The number of rotatable bonds is 3. The minimum atomic E-state index is 0.179. The second-order valence-corrected chi connectivity index (χ2v) is 8.10. The van der Waals surface area contributed by atoms with Crippen LogP contribution in [0.2, 0.25) is 0 Å². The van der Waals surface area contributed by atoms with E-state index in [4.69, 9.17) is 0 Å². The van der Waals surface area contributed by atoms with E-state index in [0.29, 0.717) is 6.04 Å². The van der Waals surface area contributed by atoms with Crippen molar-refractivity contribution in [3.05, 3.63) is 17.5 Å². The van der Waals surface area contributed by atoms with E-state index in [9.17, 15) is 0 Å². The van der Waals surface area contributed by atoms with Gasteiger partial charge in [-0.15, -0.1) is 0 Å². The van der Waals surface area contributed by atoms with Crippen molar-refractivity contribution < 1.29 is 0 Å². The van der Waals surface area contributed by atoms with Gasteiger partial charge in [0.2, 0.25) is 0 Å². The Morgan fingerprint density at radius 1 is 1.38 bits per heavy atom. The molecule has 120 valence electrons. The van der Waals surface area contributed by atoms with Crippen molar-refractivity contribution in [2.24, 2.45) is 12.5 Å². The molecule has 0 radical (unpaired) electrons. The van der Waals surface area contributed by atoms with Gasteiger partial charge in [-0.1, -0.05) is 27.7 Å². The topological polar surface area (TPSA) is 33.1 Å².